The van der Waals surface area contributed by atoms with Crippen LogP contribution in [0, 0.1) is 17.2 Å². The fraction of sp³-hybridized carbons (Fsp3) is 0.565. The lowest BCUT2D eigenvalue weighted by atomic mass is 9.96. The van der Waals surface area contributed by atoms with Crippen molar-refractivity contribution in [1.82, 2.24) is 24.3 Å². The van der Waals surface area contributed by atoms with E-state index in [1.807, 2.05) is 27.7 Å². The van der Waals surface area contributed by atoms with Gasteiger partial charge in [-0.2, -0.15) is 10.4 Å². The first-order chi connectivity index (χ1) is 15.4. The van der Waals surface area contributed by atoms with Gasteiger partial charge in [-0.05, 0) is 37.3 Å². The molecule has 1 N–H and O–H groups in total. The Balaban J connectivity index is 1.53. The molecule has 9 heteroatoms. The summed E-state index contributed by atoms with van der Waals surface area (Å²) in [5, 5.41) is 24.8. The molecule has 3 aromatic heterocycles. The summed E-state index contributed by atoms with van der Waals surface area (Å²) in [6.45, 7) is 8.26. The first-order valence-corrected chi connectivity index (χ1v) is 15.0. The number of ether oxygens (including phenoxy) is 1. The quantitative estimate of drug-likeness (QED) is 0.385. The maximum Gasteiger partial charge on any atom is 0.145 e. The van der Waals surface area contributed by atoms with Crippen molar-refractivity contribution < 1.29 is 9.84 Å². The minimum Gasteiger partial charge on any atom is -0.393 e. The topological polar surface area (TPSA) is 102 Å². The lowest BCUT2D eigenvalue weighted by Gasteiger charge is -2.21. The van der Waals surface area contributed by atoms with E-state index >= 15 is 0 Å². The van der Waals surface area contributed by atoms with E-state index in [0.717, 1.165) is 54.2 Å². The summed E-state index contributed by atoms with van der Waals surface area (Å²) in [5.41, 5.74) is 2.56. The SMILES string of the molecule is C[Si](C)(C)CCOCn1ccc2c(-c3cnn(C(CC#N)[C@@H]4CC[C@H](O)C4)c3)ncnc21. The minimum atomic E-state index is -1.12. The highest BCUT2D eigenvalue weighted by Crippen LogP contribution is 2.37. The van der Waals surface area contributed by atoms with E-state index in [9.17, 15) is 10.4 Å². The summed E-state index contributed by atoms with van der Waals surface area (Å²) in [6, 6.07) is 5.41. The van der Waals surface area contributed by atoms with Gasteiger partial charge < -0.3 is 14.4 Å². The van der Waals surface area contributed by atoms with Crippen molar-refractivity contribution in [3.05, 3.63) is 31.0 Å². The van der Waals surface area contributed by atoms with Gasteiger partial charge in [0.1, 0.15) is 18.7 Å². The van der Waals surface area contributed by atoms with Crippen LogP contribution < -0.4 is 0 Å². The van der Waals surface area contributed by atoms with Gasteiger partial charge in [-0.3, -0.25) is 4.68 Å². The van der Waals surface area contributed by atoms with Crippen molar-refractivity contribution in [3.8, 4) is 17.3 Å². The van der Waals surface area contributed by atoms with Gasteiger partial charge in [-0.25, -0.2) is 9.97 Å². The second-order valence-corrected chi connectivity index (χ2v) is 15.6. The number of nitrogens with zero attached hydrogens (tertiary/aromatic N) is 6. The van der Waals surface area contributed by atoms with Gasteiger partial charge in [-0.15, -0.1) is 0 Å². The molecule has 8 nitrogen and oxygen atoms in total. The highest BCUT2D eigenvalue weighted by Gasteiger charge is 2.31. The number of fused-ring (bicyclic) bond motifs is 1. The molecule has 0 saturated heterocycles. The normalized spacial score (nSPS) is 20.0. The van der Waals surface area contributed by atoms with Gasteiger partial charge >= 0.3 is 0 Å². The number of rotatable bonds is 9. The van der Waals surface area contributed by atoms with Crippen molar-refractivity contribution in [3.63, 3.8) is 0 Å². The van der Waals surface area contributed by atoms with E-state index in [1.54, 1.807) is 12.5 Å². The molecule has 1 saturated carbocycles. The standard InChI is InChI=1S/C23H32N6O2Si/c1-32(2,3)11-10-31-16-28-9-7-20-22(25-15-26-23(20)28)18-13-27-29(14-18)21(6-8-24)17-4-5-19(30)12-17/h7,9,13-15,17,19,21,30H,4-6,10-12,16H2,1-3H3/t17-,19+,21?/m1/s1. The van der Waals surface area contributed by atoms with Crippen LogP contribution in [0.25, 0.3) is 22.3 Å². The molecule has 0 aliphatic heterocycles. The molecule has 3 aromatic rings. The molecular formula is C23H32N6O2Si. The molecule has 0 amide bonds. The largest absolute Gasteiger partial charge is 0.393 e. The number of hydrogen-bond acceptors (Lipinski definition) is 6. The smallest absolute Gasteiger partial charge is 0.145 e. The Morgan fingerprint density at radius 1 is 1.31 bits per heavy atom. The zero-order valence-electron chi connectivity index (χ0n) is 19.1. The van der Waals surface area contributed by atoms with Crippen LogP contribution in [0.15, 0.2) is 31.0 Å². The van der Waals surface area contributed by atoms with Crippen LogP contribution in [-0.4, -0.2) is 50.2 Å². The first kappa shape index (κ1) is 22.6. The van der Waals surface area contributed by atoms with E-state index in [-0.39, 0.29) is 18.1 Å². The van der Waals surface area contributed by atoms with Crippen molar-refractivity contribution in [2.24, 2.45) is 5.92 Å². The molecule has 3 atom stereocenters. The predicted molar refractivity (Wildman–Crippen MR) is 125 cm³/mol. The second kappa shape index (κ2) is 9.53. The Kier molecular flexibility index (Phi) is 6.74. The number of aliphatic hydroxyl groups is 1. The third-order valence-electron chi connectivity index (χ3n) is 6.29. The Morgan fingerprint density at radius 3 is 2.88 bits per heavy atom. The van der Waals surface area contributed by atoms with E-state index in [4.69, 9.17) is 4.74 Å². The lowest BCUT2D eigenvalue weighted by molar-refractivity contribution is 0.0899. The molecule has 0 spiro atoms. The molecule has 0 aromatic carbocycles. The monoisotopic (exact) mass is 452 g/mol. The van der Waals surface area contributed by atoms with Crippen LogP contribution in [0.2, 0.25) is 25.7 Å². The maximum atomic E-state index is 9.94. The highest BCUT2D eigenvalue weighted by atomic mass is 28.3. The maximum absolute atomic E-state index is 9.94. The van der Waals surface area contributed by atoms with Crippen molar-refractivity contribution in [2.45, 2.75) is 70.2 Å². The van der Waals surface area contributed by atoms with Crippen LogP contribution in [0.4, 0.5) is 0 Å². The summed E-state index contributed by atoms with van der Waals surface area (Å²) >= 11 is 0. The molecule has 1 aliphatic carbocycles. The van der Waals surface area contributed by atoms with E-state index in [0.29, 0.717) is 13.2 Å². The Labute approximate surface area is 189 Å². The summed E-state index contributed by atoms with van der Waals surface area (Å²) in [4.78, 5) is 9.01. The number of hydrogen-bond donors (Lipinski definition) is 1. The minimum absolute atomic E-state index is 0.0346. The predicted octanol–water partition coefficient (Wildman–Crippen LogP) is 4.22. The van der Waals surface area contributed by atoms with Crippen LogP contribution in [0.5, 0.6) is 0 Å². The highest BCUT2D eigenvalue weighted by molar-refractivity contribution is 6.76. The molecule has 4 rings (SSSR count). The van der Waals surface area contributed by atoms with Gasteiger partial charge in [0.2, 0.25) is 0 Å². The zero-order chi connectivity index (χ0) is 22.7. The molecular weight excluding hydrogens is 420 g/mol. The first-order valence-electron chi connectivity index (χ1n) is 11.3. The summed E-state index contributed by atoms with van der Waals surface area (Å²) in [5.74, 6) is 0.261. The van der Waals surface area contributed by atoms with Crippen molar-refractivity contribution >= 4 is 19.1 Å². The molecule has 1 fully saturated rings. The Bertz CT molecular complexity index is 1100. The summed E-state index contributed by atoms with van der Waals surface area (Å²) < 4.78 is 9.79. The van der Waals surface area contributed by atoms with Gasteiger partial charge in [-0.1, -0.05) is 19.6 Å². The fourth-order valence-corrected chi connectivity index (χ4v) is 5.19. The Hall–Kier alpha value is -2.54. The van der Waals surface area contributed by atoms with Gasteiger partial charge in [0, 0.05) is 38.0 Å². The van der Waals surface area contributed by atoms with E-state index < -0.39 is 8.07 Å². The van der Waals surface area contributed by atoms with Crippen molar-refractivity contribution in [2.75, 3.05) is 6.61 Å². The second-order valence-electron chi connectivity index (χ2n) is 9.96. The molecule has 1 aliphatic rings. The van der Waals surface area contributed by atoms with E-state index in [2.05, 4.69) is 40.8 Å². The van der Waals surface area contributed by atoms with Gasteiger partial charge in [0.15, 0.2) is 0 Å². The molecule has 170 valence electrons. The molecule has 3 heterocycles. The average Bonchev–Trinajstić information content (AvgIpc) is 3.48. The number of nitriles is 1. The van der Waals surface area contributed by atoms with Crippen LogP contribution >= 0.6 is 0 Å². The fourth-order valence-electron chi connectivity index (χ4n) is 4.43. The molecule has 1 unspecified atom stereocenters. The third-order valence-corrected chi connectivity index (χ3v) is 7.99. The lowest BCUT2D eigenvalue weighted by Crippen LogP contribution is -2.22. The van der Waals surface area contributed by atoms with Gasteiger partial charge in [0.25, 0.3) is 0 Å². The van der Waals surface area contributed by atoms with Crippen molar-refractivity contribution in [1.29, 1.82) is 5.26 Å². The zero-order valence-corrected chi connectivity index (χ0v) is 20.1. The molecule has 32 heavy (non-hydrogen) atoms. The summed E-state index contributed by atoms with van der Waals surface area (Å²) in [6.07, 6.45) is 9.87. The summed E-state index contributed by atoms with van der Waals surface area (Å²) in [7, 11) is -1.12. The van der Waals surface area contributed by atoms with E-state index in [1.165, 1.54) is 0 Å². The Morgan fingerprint density at radius 2 is 2.16 bits per heavy atom. The van der Waals surface area contributed by atoms with Crippen LogP contribution in [0.1, 0.15) is 31.7 Å². The average molecular weight is 453 g/mol. The van der Waals surface area contributed by atoms with Crippen LogP contribution in [0.3, 0.4) is 0 Å². The third kappa shape index (κ3) is 5.09. The number of aliphatic hydroxyl groups excluding tert-OH is 1. The molecule has 0 radical (unpaired) electrons. The van der Waals surface area contributed by atoms with Gasteiger partial charge in [0.05, 0.1) is 36.5 Å². The number of aromatic nitrogens is 5. The van der Waals surface area contributed by atoms with Crippen LogP contribution in [-0.2, 0) is 11.5 Å². The molecule has 0 bridgehead atoms.